The molecule has 8 nitrogen and oxygen atoms in total. The van der Waals surface area contributed by atoms with Gasteiger partial charge in [0.1, 0.15) is 17.5 Å². The lowest BCUT2D eigenvalue weighted by Crippen LogP contribution is -2.40. The number of ether oxygens (including phenoxy) is 2. The van der Waals surface area contributed by atoms with Gasteiger partial charge in [-0.3, -0.25) is 9.59 Å². The summed E-state index contributed by atoms with van der Waals surface area (Å²) in [6.07, 6.45) is 1.75. The number of halogens is 2. The summed E-state index contributed by atoms with van der Waals surface area (Å²) in [5.74, 6) is -0.0700. The maximum atomic E-state index is 13.0. The van der Waals surface area contributed by atoms with Crippen molar-refractivity contribution in [1.29, 1.82) is 0 Å². The summed E-state index contributed by atoms with van der Waals surface area (Å²) in [5, 5.41) is 6.61. The molecule has 0 spiro atoms. The lowest BCUT2D eigenvalue weighted by Gasteiger charge is -2.28. The van der Waals surface area contributed by atoms with Crippen LogP contribution in [0, 0.1) is 6.92 Å². The first-order valence-corrected chi connectivity index (χ1v) is 11.4. The number of nitrogens with zero attached hydrogens (tertiary/aromatic N) is 1. The van der Waals surface area contributed by atoms with Gasteiger partial charge in [-0.2, -0.15) is 0 Å². The van der Waals surface area contributed by atoms with Gasteiger partial charge in [-0.25, -0.2) is 0 Å². The lowest BCUT2D eigenvalue weighted by atomic mass is 10.1. The molecule has 2 aliphatic rings. The number of carbonyl (C=O) groups is 2. The molecule has 1 aromatic carbocycles. The fraction of sp³-hybridized carbons (Fsp3) is 0.455. The van der Waals surface area contributed by atoms with Crippen LogP contribution in [0.5, 0.6) is 5.75 Å². The highest BCUT2D eigenvalue weighted by Gasteiger charge is 2.24. The first-order valence-electron chi connectivity index (χ1n) is 10.7. The number of hydrogen-bond acceptors (Lipinski definition) is 5. The Morgan fingerprint density at radius 1 is 1.16 bits per heavy atom. The molecule has 2 amide bonds. The molecule has 0 atom stereocenters. The van der Waals surface area contributed by atoms with Gasteiger partial charge < -0.3 is 30.0 Å². The molecule has 0 saturated carbocycles. The van der Waals surface area contributed by atoms with Gasteiger partial charge in [-0.1, -0.05) is 23.2 Å². The maximum Gasteiger partial charge on any atom is 0.273 e. The number of aromatic nitrogens is 1. The summed E-state index contributed by atoms with van der Waals surface area (Å²) in [4.78, 5) is 30.6. The highest BCUT2D eigenvalue weighted by Crippen LogP contribution is 2.32. The van der Waals surface area contributed by atoms with Crippen molar-refractivity contribution in [3.63, 3.8) is 0 Å². The van der Waals surface area contributed by atoms with Gasteiger partial charge in [0.25, 0.3) is 11.8 Å². The number of rotatable bonds is 5. The van der Waals surface area contributed by atoms with E-state index in [-0.39, 0.29) is 22.7 Å². The predicted octanol–water partition coefficient (Wildman–Crippen LogP) is 3.49. The zero-order valence-electron chi connectivity index (χ0n) is 17.8. The van der Waals surface area contributed by atoms with E-state index in [1.165, 1.54) is 0 Å². The number of amides is 2. The minimum atomic E-state index is -0.462. The van der Waals surface area contributed by atoms with E-state index in [0.29, 0.717) is 54.0 Å². The number of morpholine rings is 1. The molecule has 3 heterocycles. The summed E-state index contributed by atoms with van der Waals surface area (Å²) < 4.78 is 11.5. The standard InChI is InChI=1S/C22H26Cl2N4O4/c1-13-18(23)19(24)20(26-13)21(29)27-16-12-14(22(30)28-8-10-31-11-9-28)2-3-17(16)32-15-4-6-25-7-5-15/h2-3,12,15,25-26H,4-11H2,1H3,(H,27,29). The summed E-state index contributed by atoms with van der Waals surface area (Å²) in [6, 6.07) is 5.11. The van der Waals surface area contributed by atoms with Crippen LogP contribution in [-0.2, 0) is 4.74 Å². The van der Waals surface area contributed by atoms with Crippen LogP contribution in [0.2, 0.25) is 10.0 Å². The highest BCUT2D eigenvalue weighted by molar-refractivity contribution is 6.44. The van der Waals surface area contributed by atoms with Crippen LogP contribution < -0.4 is 15.4 Å². The summed E-state index contributed by atoms with van der Waals surface area (Å²) in [6.45, 7) is 5.56. The first-order chi connectivity index (χ1) is 15.4. The van der Waals surface area contributed by atoms with Gasteiger partial charge >= 0.3 is 0 Å². The maximum absolute atomic E-state index is 13.0. The Bertz CT molecular complexity index is 998. The van der Waals surface area contributed by atoms with Gasteiger partial charge in [0.2, 0.25) is 0 Å². The van der Waals surface area contributed by atoms with Crippen molar-refractivity contribution in [1.82, 2.24) is 15.2 Å². The zero-order chi connectivity index (χ0) is 22.7. The van der Waals surface area contributed by atoms with Crippen molar-refractivity contribution in [2.45, 2.75) is 25.9 Å². The molecule has 3 N–H and O–H groups in total. The van der Waals surface area contributed by atoms with Crippen molar-refractivity contribution in [3.05, 3.63) is 45.2 Å². The van der Waals surface area contributed by atoms with Crippen LogP contribution in [0.4, 0.5) is 5.69 Å². The van der Waals surface area contributed by atoms with Gasteiger partial charge in [-0.15, -0.1) is 0 Å². The highest BCUT2D eigenvalue weighted by atomic mass is 35.5. The number of anilines is 1. The van der Waals surface area contributed by atoms with Crippen LogP contribution in [0.25, 0.3) is 0 Å². The predicted molar refractivity (Wildman–Crippen MR) is 123 cm³/mol. The van der Waals surface area contributed by atoms with Crippen molar-refractivity contribution in [2.24, 2.45) is 0 Å². The Balaban J connectivity index is 1.61. The van der Waals surface area contributed by atoms with E-state index in [1.54, 1.807) is 30.0 Å². The number of carbonyl (C=O) groups excluding carboxylic acids is 2. The van der Waals surface area contributed by atoms with E-state index < -0.39 is 5.91 Å². The third-order valence-corrected chi connectivity index (χ3v) is 6.58. The van der Waals surface area contributed by atoms with E-state index in [0.717, 1.165) is 25.9 Å². The third-order valence-electron chi connectivity index (χ3n) is 5.63. The van der Waals surface area contributed by atoms with Crippen LogP contribution >= 0.6 is 23.2 Å². The van der Waals surface area contributed by atoms with E-state index in [4.69, 9.17) is 32.7 Å². The smallest absolute Gasteiger partial charge is 0.273 e. The quantitative estimate of drug-likeness (QED) is 0.608. The van der Waals surface area contributed by atoms with E-state index in [9.17, 15) is 9.59 Å². The molecular formula is C22H26Cl2N4O4. The Hall–Kier alpha value is -2.26. The van der Waals surface area contributed by atoms with Crippen molar-refractivity contribution >= 4 is 40.7 Å². The fourth-order valence-electron chi connectivity index (χ4n) is 3.82. The molecule has 4 rings (SSSR count). The summed E-state index contributed by atoms with van der Waals surface area (Å²) in [5.41, 5.74) is 1.63. The molecule has 2 aromatic rings. The minimum Gasteiger partial charge on any atom is -0.488 e. The van der Waals surface area contributed by atoms with E-state index in [2.05, 4.69) is 15.6 Å². The molecule has 2 fully saturated rings. The molecule has 1 aromatic heterocycles. The molecule has 0 unspecified atom stereocenters. The molecule has 0 radical (unpaired) electrons. The van der Waals surface area contributed by atoms with Gasteiger partial charge in [0.05, 0.1) is 28.9 Å². The molecule has 0 aliphatic carbocycles. The third kappa shape index (κ3) is 5.04. The Labute approximate surface area is 196 Å². The molecule has 172 valence electrons. The van der Waals surface area contributed by atoms with Gasteiger partial charge in [-0.05, 0) is 51.1 Å². The summed E-state index contributed by atoms with van der Waals surface area (Å²) >= 11 is 12.3. The number of nitrogens with one attached hydrogen (secondary N) is 3. The second-order valence-corrected chi connectivity index (χ2v) is 8.65. The van der Waals surface area contributed by atoms with E-state index >= 15 is 0 Å². The van der Waals surface area contributed by atoms with Crippen LogP contribution in [0.15, 0.2) is 18.2 Å². The summed E-state index contributed by atoms with van der Waals surface area (Å²) in [7, 11) is 0. The number of aryl methyl sites for hydroxylation is 1. The average molecular weight is 481 g/mol. The van der Waals surface area contributed by atoms with Crippen LogP contribution in [0.3, 0.4) is 0 Å². The van der Waals surface area contributed by atoms with Crippen LogP contribution in [-0.4, -0.2) is 67.2 Å². The van der Waals surface area contributed by atoms with Crippen molar-refractivity contribution in [2.75, 3.05) is 44.7 Å². The monoisotopic (exact) mass is 480 g/mol. The Morgan fingerprint density at radius 2 is 1.88 bits per heavy atom. The number of piperidine rings is 1. The molecule has 32 heavy (non-hydrogen) atoms. The number of H-pyrrole nitrogens is 1. The van der Waals surface area contributed by atoms with Gasteiger partial charge in [0.15, 0.2) is 0 Å². The largest absolute Gasteiger partial charge is 0.488 e. The second-order valence-electron chi connectivity index (χ2n) is 7.89. The van der Waals surface area contributed by atoms with Crippen molar-refractivity contribution < 1.29 is 19.1 Å². The molecule has 10 heteroatoms. The number of aromatic amines is 1. The number of benzene rings is 1. The zero-order valence-corrected chi connectivity index (χ0v) is 19.3. The van der Waals surface area contributed by atoms with Gasteiger partial charge in [0, 0.05) is 24.3 Å². The second kappa shape index (κ2) is 10.1. The Kier molecular flexibility index (Phi) is 7.25. The SMILES string of the molecule is Cc1[nH]c(C(=O)Nc2cc(C(=O)N3CCOCC3)ccc2OC2CCNCC2)c(Cl)c1Cl. The molecule has 0 bridgehead atoms. The topological polar surface area (TPSA) is 95.7 Å². The molecular weight excluding hydrogens is 455 g/mol. The van der Waals surface area contributed by atoms with E-state index in [1.807, 2.05) is 0 Å². The van der Waals surface area contributed by atoms with Crippen LogP contribution in [0.1, 0.15) is 39.4 Å². The molecule has 2 aliphatic heterocycles. The fourth-order valence-corrected chi connectivity index (χ4v) is 4.23. The lowest BCUT2D eigenvalue weighted by molar-refractivity contribution is 0.0303. The van der Waals surface area contributed by atoms with Crippen molar-refractivity contribution in [3.8, 4) is 5.75 Å². The molecule has 2 saturated heterocycles. The number of hydrogen-bond donors (Lipinski definition) is 3. The average Bonchev–Trinajstić information content (AvgIpc) is 3.08. The first kappa shape index (κ1) is 22.9. The normalized spacial score (nSPS) is 17.3. The minimum absolute atomic E-state index is 0.0264. The Morgan fingerprint density at radius 3 is 2.53 bits per heavy atom.